The van der Waals surface area contributed by atoms with Gasteiger partial charge in [-0.3, -0.25) is 9.78 Å². The number of carbonyl (C=O) groups excluding carboxylic acids is 3. The number of nitrogens with one attached hydrogen (secondary N) is 2. The number of thiazole rings is 2. The Bertz CT molecular complexity index is 1470. The van der Waals surface area contributed by atoms with Crippen LogP contribution in [0.2, 0.25) is 0 Å². The van der Waals surface area contributed by atoms with Gasteiger partial charge in [-0.05, 0) is 48.6 Å². The highest BCUT2D eigenvalue weighted by atomic mass is 32.1. The van der Waals surface area contributed by atoms with Gasteiger partial charge in [0.25, 0.3) is 0 Å². The third-order valence-electron chi connectivity index (χ3n) is 7.78. The lowest BCUT2D eigenvalue weighted by Crippen LogP contribution is -2.49. The minimum atomic E-state index is -0.622. The summed E-state index contributed by atoms with van der Waals surface area (Å²) in [7, 11) is 1.71. The van der Waals surface area contributed by atoms with Gasteiger partial charge in [-0.2, -0.15) is 0 Å². The zero-order valence-corrected chi connectivity index (χ0v) is 28.3. The Balaban J connectivity index is 1.43. The second kappa shape index (κ2) is 18.2. The molecule has 0 bridgehead atoms. The molecule has 0 fully saturated rings. The molecule has 0 radical (unpaired) electrons. The van der Waals surface area contributed by atoms with E-state index in [2.05, 4.69) is 32.7 Å². The first-order chi connectivity index (χ1) is 22.3. The number of aromatic nitrogens is 2. The molecule has 0 aliphatic heterocycles. The van der Waals surface area contributed by atoms with Gasteiger partial charge in [0, 0.05) is 31.1 Å². The van der Waals surface area contributed by atoms with Crippen LogP contribution in [0.1, 0.15) is 54.8 Å². The van der Waals surface area contributed by atoms with Gasteiger partial charge in [0.1, 0.15) is 6.61 Å². The standard InChI is InChI=1S/C35H43N5O4S2/c1-25(2)33(39-34(42)40(3)20-30-22-45-24-37-30)32(41)18-28(16-26-10-6-4-7-11-26)14-15-29(17-27-12-8-5-9-13-27)38-35(43)44-21-31-19-36-23-46-31/h4-13,19,22-25,28-29,33H,14-18,20-21H2,1-3H3,(H,38,43)(H,39,42)/t28-,29-,33+/m1/s1. The number of urea groups is 1. The van der Waals surface area contributed by atoms with E-state index in [9.17, 15) is 14.4 Å². The van der Waals surface area contributed by atoms with E-state index in [0.717, 1.165) is 21.7 Å². The van der Waals surface area contributed by atoms with Crippen molar-refractivity contribution in [1.82, 2.24) is 25.5 Å². The van der Waals surface area contributed by atoms with E-state index < -0.39 is 12.1 Å². The maximum atomic E-state index is 13.8. The highest BCUT2D eigenvalue weighted by molar-refractivity contribution is 7.09. The molecule has 2 heterocycles. The molecular weight excluding hydrogens is 619 g/mol. The van der Waals surface area contributed by atoms with E-state index >= 15 is 0 Å². The summed E-state index contributed by atoms with van der Waals surface area (Å²) >= 11 is 2.92. The van der Waals surface area contributed by atoms with Crippen molar-refractivity contribution in [2.45, 2.75) is 71.2 Å². The Labute approximate surface area is 279 Å². The maximum Gasteiger partial charge on any atom is 0.407 e. The smallest absolute Gasteiger partial charge is 0.407 e. The van der Waals surface area contributed by atoms with Gasteiger partial charge < -0.3 is 20.3 Å². The van der Waals surface area contributed by atoms with Crippen LogP contribution in [0.5, 0.6) is 0 Å². The highest BCUT2D eigenvalue weighted by Gasteiger charge is 2.28. The van der Waals surface area contributed by atoms with Gasteiger partial charge in [-0.25, -0.2) is 14.6 Å². The first-order valence-corrected chi connectivity index (χ1v) is 17.4. The molecule has 4 rings (SSSR count). The Morgan fingerprint density at radius 2 is 1.61 bits per heavy atom. The van der Waals surface area contributed by atoms with Crippen LogP contribution in [0.15, 0.2) is 83.3 Å². The summed E-state index contributed by atoms with van der Waals surface area (Å²) in [5.41, 5.74) is 6.50. The minimum Gasteiger partial charge on any atom is -0.444 e. The van der Waals surface area contributed by atoms with Crippen molar-refractivity contribution in [1.29, 1.82) is 0 Å². The van der Waals surface area contributed by atoms with Crippen LogP contribution in [0.4, 0.5) is 9.59 Å². The number of nitrogens with zero attached hydrogens (tertiary/aromatic N) is 3. The van der Waals surface area contributed by atoms with Gasteiger partial charge in [-0.15, -0.1) is 22.7 Å². The lowest BCUT2D eigenvalue weighted by atomic mass is 9.85. The third kappa shape index (κ3) is 11.7. The minimum absolute atomic E-state index is 0.00266. The molecule has 0 spiro atoms. The number of amides is 3. The van der Waals surface area contributed by atoms with Crippen molar-refractivity contribution in [2.75, 3.05) is 7.05 Å². The molecule has 46 heavy (non-hydrogen) atoms. The zero-order valence-electron chi connectivity index (χ0n) is 26.6. The van der Waals surface area contributed by atoms with E-state index in [1.54, 1.807) is 29.2 Å². The Morgan fingerprint density at radius 3 is 2.22 bits per heavy atom. The van der Waals surface area contributed by atoms with Crippen LogP contribution >= 0.6 is 22.7 Å². The lowest BCUT2D eigenvalue weighted by molar-refractivity contribution is -0.122. The first-order valence-electron chi connectivity index (χ1n) is 15.6. The topological polar surface area (TPSA) is 114 Å². The van der Waals surface area contributed by atoms with Gasteiger partial charge >= 0.3 is 12.1 Å². The number of hydrogen-bond donors (Lipinski definition) is 2. The normalized spacial score (nSPS) is 13.0. The van der Waals surface area contributed by atoms with E-state index in [1.165, 1.54) is 22.7 Å². The Hall–Kier alpha value is -4.09. The fourth-order valence-corrected chi connectivity index (χ4v) is 6.40. The van der Waals surface area contributed by atoms with Gasteiger partial charge in [-0.1, -0.05) is 74.5 Å². The summed E-state index contributed by atoms with van der Waals surface area (Å²) in [6.07, 6.45) is 4.23. The number of Topliss-reactive ketones (excluding diaryl/α,β-unsaturated/α-hetero) is 1. The average Bonchev–Trinajstić information content (AvgIpc) is 3.77. The molecule has 9 nitrogen and oxygen atoms in total. The molecule has 0 saturated carbocycles. The molecule has 2 N–H and O–H groups in total. The number of rotatable bonds is 17. The van der Waals surface area contributed by atoms with Crippen LogP contribution in [-0.4, -0.2) is 51.9 Å². The second-order valence-electron chi connectivity index (χ2n) is 11.9. The summed E-state index contributed by atoms with van der Waals surface area (Å²) in [5.74, 6) is -0.0701. The number of alkyl carbamates (subject to hydrolysis) is 1. The third-order valence-corrected chi connectivity index (χ3v) is 9.17. The van der Waals surface area contributed by atoms with Gasteiger partial charge in [0.2, 0.25) is 0 Å². The summed E-state index contributed by atoms with van der Waals surface area (Å²) in [6, 6.07) is 19.0. The van der Waals surface area contributed by atoms with Crippen molar-refractivity contribution in [3.63, 3.8) is 0 Å². The fourth-order valence-electron chi connectivity index (χ4n) is 5.35. The summed E-state index contributed by atoms with van der Waals surface area (Å²) in [6.45, 7) is 4.44. The molecule has 4 aromatic rings. The molecule has 2 aromatic heterocycles. The first kappa shape index (κ1) is 34.8. The number of ketones is 1. The Morgan fingerprint density at radius 1 is 0.913 bits per heavy atom. The number of carbonyl (C=O) groups is 3. The predicted octanol–water partition coefficient (Wildman–Crippen LogP) is 6.90. The van der Waals surface area contributed by atoms with Crippen molar-refractivity contribution >= 4 is 40.6 Å². The molecule has 3 amide bonds. The van der Waals surface area contributed by atoms with Crippen LogP contribution in [0.3, 0.4) is 0 Å². The van der Waals surface area contributed by atoms with Gasteiger partial charge in [0.05, 0.1) is 34.2 Å². The van der Waals surface area contributed by atoms with Crippen LogP contribution < -0.4 is 10.6 Å². The van der Waals surface area contributed by atoms with E-state index in [1.807, 2.05) is 67.8 Å². The zero-order chi connectivity index (χ0) is 32.7. The van der Waals surface area contributed by atoms with Crippen molar-refractivity contribution in [3.05, 3.63) is 105 Å². The SMILES string of the molecule is CC(C)[C@H](NC(=O)N(C)Cc1cscn1)C(=O)C[C@H](CC[C@H](Cc1ccccc1)NC(=O)OCc1cncs1)Cc1ccccc1. The lowest BCUT2D eigenvalue weighted by Gasteiger charge is -2.27. The van der Waals surface area contributed by atoms with Crippen LogP contribution in [-0.2, 0) is 35.5 Å². The number of ether oxygens (including phenoxy) is 1. The summed E-state index contributed by atoms with van der Waals surface area (Å²) in [5, 5.41) is 7.96. The number of hydrogen-bond acceptors (Lipinski definition) is 8. The quantitative estimate of drug-likeness (QED) is 0.127. The molecule has 3 atom stereocenters. The largest absolute Gasteiger partial charge is 0.444 e. The van der Waals surface area contributed by atoms with Crippen LogP contribution in [0, 0.1) is 11.8 Å². The van der Waals surface area contributed by atoms with Crippen LogP contribution in [0.25, 0.3) is 0 Å². The maximum absolute atomic E-state index is 13.8. The predicted molar refractivity (Wildman–Crippen MR) is 183 cm³/mol. The second-order valence-corrected chi connectivity index (χ2v) is 13.6. The molecule has 0 aliphatic rings. The van der Waals surface area contributed by atoms with E-state index in [0.29, 0.717) is 38.6 Å². The molecule has 244 valence electrons. The van der Waals surface area contributed by atoms with Crippen molar-refractivity contribution in [2.24, 2.45) is 11.8 Å². The molecule has 2 aromatic carbocycles. The fraction of sp³-hybridized carbons (Fsp3) is 0.400. The Kier molecular flexibility index (Phi) is 13.7. The number of benzene rings is 2. The molecule has 0 aliphatic carbocycles. The van der Waals surface area contributed by atoms with Gasteiger partial charge in [0.15, 0.2) is 5.78 Å². The molecule has 0 saturated heterocycles. The molecule has 0 unspecified atom stereocenters. The molecule has 11 heteroatoms. The molecular formula is C35H43N5O4S2. The average molecular weight is 662 g/mol. The highest BCUT2D eigenvalue weighted by Crippen LogP contribution is 2.23. The summed E-state index contributed by atoms with van der Waals surface area (Å²) < 4.78 is 5.49. The van der Waals surface area contributed by atoms with E-state index in [-0.39, 0.29) is 36.3 Å². The summed E-state index contributed by atoms with van der Waals surface area (Å²) in [4.78, 5) is 50.4. The monoisotopic (exact) mass is 661 g/mol. The van der Waals surface area contributed by atoms with Crippen molar-refractivity contribution in [3.8, 4) is 0 Å². The van der Waals surface area contributed by atoms with E-state index in [4.69, 9.17) is 4.74 Å². The van der Waals surface area contributed by atoms with Crippen molar-refractivity contribution < 1.29 is 19.1 Å².